The maximum absolute atomic E-state index is 12.5. The minimum atomic E-state index is -1.54. The first-order valence-electron chi connectivity index (χ1n) is 10.1. The van der Waals surface area contributed by atoms with Gasteiger partial charge in [-0.25, -0.2) is 0 Å². The number of benzene rings is 3. The highest BCUT2D eigenvalue weighted by Crippen LogP contribution is 2.49. The summed E-state index contributed by atoms with van der Waals surface area (Å²) >= 11 is 0. The van der Waals surface area contributed by atoms with Crippen LogP contribution in [-0.4, -0.2) is 70.4 Å². The molecular formula is C22H19NO9. The second kappa shape index (κ2) is 6.92. The molecule has 0 unspecified atom stereocenters. The molecule has 1 fully saturated rings. The second-order valence-corrected chi connectivity index (χ2v) is 7.98. The average molecular weight is 441 g/mol. The molecule has 6 rings (SSSR count). The highest BCUT2D eigenvalue weighted by molar-refractivity contribution is 6.30. The van der Waals surface area contributed by atoms with Crippen LogP contribution in [0.2, 0.25) is 0 Å². The number of hydrogen-bond acceptors (Lipinski definition) is 9. The van der Waals surface area contributed by atoms with E-state index in [9.17, 15) is 25.2 Å². The topological polar surface area (TPSA) is 147 Å². The molecule has 1 saturated heterocycles. The molecule has 3 aliphatic heterocycles. The van der Waals surface area contributed by atoms with Crippen molar-refractivity contribution in [1.29, 1.82) is 0 Å². The first-order valence-corrected chi connectivity index (χ1v) is 10.1. The average Bonchev–Trinajstić information content (AvgIpc) is 3.39. The number of nitrogens with one attached hydrogen (secondary N) is 1. The molecule has 1 amide bonds. The summed E-state index contributed by atoms with van der Waals surface area (Å²) in [7, 11) is 0. The molecule has 0 aliphatic carbocycles. The third kappa shape index (κ3) is 2.68. The summed E-state index contributed by atoms with van der Waals surface area (Å²) in [6, 6.07) is 8.66. The van der Waals surface area contributed by atoms with Crippen molar-refractivity contribution in [3.8, 4) is 17.2 Å². The summed E-state index contributed by atoms with van der Waals surface area (Å²) < 4.78 is 22.4. The number of anilines is 1. The quantitative estimate of drug-likeness (QED) is 0.366. The number of aliphatic hydroxyl groups excluding tert-OH is 4. The summed E-state index contributed by atoms with van der Waals surface area (Å²) in [5.74, 6) is 1.09. The first kappa shape index (κ1) is 19.5. The zero-order valence-corrected chi connectivity index (χ0v) is 16.5. The van der Waals surface area contributed by atoms with Crippen LogP contribution in [-0.2, 0) is 4.74 Å². The van der Waals surface area contributed by atoms with Gasteiger partial charge in [-0.3, -0.25) is 4.79 Å². The summed E-state index contributed by atoms with van der Waals surface area (Å²) in [4.78, 5) is 12.5. The zero-order valence-electron chi connectivity index (χ0n) is 16.5. The van der Waals surface area contributed by atoms with Crippen molar-refractivity contribution >= 4 is 33.1 Å². The second-order valence-electron chi connectivity index (χ2n) is 7.98. The van der Waals surface area contributed by atoms with Crippen LogP contribution >= 0.6 is 0 Å². The van der Waals surface area contributed by atoms with Gasteiger partial charge in [0.25, 0.3) is 5.91 Å². The molecule has 166 valence electrons. The Balaban J connectivity index is 1.47. The van der Waals surface area contributed by atoms with Crippen LogP contribution in [0.3, 0.4) is 0 Å². The fourth-order valence-corrected chi connectivity index (χ4v) is 4.52. The van der Waals surface area contributed by atoms with Crippen LogP contribution in [0.1, 0.15) is 10.4 Å². The molecule has 0 radical (unpaired) electrons. The van der Waals surface area contributed by atoms with Crippen molar-refractivity contribution in [1.82, 2.24) is 0 Å². The number of rotatable bonds is 3. The van der Waals surface area contributed by atoms with Gasteiger partial charge in [0.15, 0.2) is 11.5 Å². The standard InChI is InChI=1S/C22H19NO9/c24-6-14-17(25)18(26)19(27)22(32-14)31-9-2-1-8-3-12-15-11(21(28)23-12)5-13-20(30-7-29-13)16(15)10(8)4-9/h1-5,14,17-19,22,24-27H,6-7H2,(H,23,28)/t14-,17-,18+,19-,22-/m1/s1. The molecular weight excluding hydrogens is 422 g/mol. The zero-order chi connectivity index (χ0) is 22.1. The van der Waals surface area contributed by atoms with Crippen molar-refractivity contribution < 1.29 is 44.2 Å². The van der Waals surface area contributed by atoms with Crippen LogP contribution in [0.5, 0.6) is 17.2 Å². The molecule has 0 aromatic heterocycles. The highest BCUT2D eigenvalue weighted by atomic mass is 16.7. The van der Waals surface area contributed by atoms with Gasteiger partial charge < -0.3 is 44.7 Å². The van der Waals surface area contributed by atoms with Gasteiger partial charge in [-0.05, 0) is 35.0 Å². The van der Waals surface area contributed by atoms with Crippen LogP contribution in [0, 0.1) is 0 Å². The van der Waals surface area contributed by atoms with E-state index >= 15 is 0 Å². The molecule has 10 nitrogen and oxygen atoms in total. The SMILES string of the molecule is O=C1Nc2cc3ccc(O[C@@H]4O[C@H](CO)[C@@H](O)[C@H](O)[C@H]4O)cc3c3c4c(cc1c23)OCO4. The minimum Gasteiger partial charge on any atom is -0.462 e. The maximum Gasteiger partial charge on any atom is 0.256 e. The van der Waals surface area contributed by atoms with E-state index in [1.54, 1.807) is 24.3 Å². The Morgan fingerprint density at radius 3 is 2.69 bits per heavy atom. The third-order valence-corrected chi connectivity index (χ3v) is 6.12. The van der Waals surface area contributed by atoms with Gasteiger partial charge in [0.05, 0.1) is 17.9 Å². The molecule has 3 aromatic rings. The van der Waals surface area contributed by atoms with Gasteiger partial charge in [0, 0.05) is 10.8 Å². The number of hydrogen-bond donors (Lipinski definition) is 5. The molecule has 32 heavy (non-hydrogen) atoms. The largest absolute Gasteiger partial charge is 0.462 e. The summed E-state index contributed by atoms with van der Waals surface area (Å²) in [6.45, 7) is -0.508. The smallest absolute Gasteiger partial charge is 0.256 e. The van der Waals surface area contributed by atoms with Crippen LogP contribution < -0.4 is 19.5 Å². The molecule has 5 N–H and O–H groups in total. The van der Waals surface area contributed by atoms with Crippen molar-refractivity contribution in [2.75, 3.05) is 18.7 Å². The number of carbonyl (C=O) groups is 1. The van der Waals surface area contributed by atoms with E-state index in [2.05, 4.69) is 5.32 Å². The summed E-state index contributed by atoms with van der Waals surface area (Å²) in [5.41, 5.74) is 1.16. The van der Waals surface area contributed by atoms with E-state index in [0.717, 1.165) is 16.2 Å². The Kier molecular flexibility index (Phi) is 4.23. The Morgan fingerprint density at radius 1 is 1.03 bits per heavy atom. The fourth-order valence-electron chi connectivity index (χ4n) is 4.52. The van der Waals surface area contributed by atoms with E-state index in [-0.39, 0.29) is 12.7 Å². The molecule has 3 aromatic carbocycles. The predicted octanol–water partition coefficient (Wildman–Crippen LogP) is 0.466. The summed E-state index contributed by atoms with van der Waals surface area (Å²) in [5, 5.41) is 45.5. The van der Waals surface area contributed by atoms with Crippen LogP contribution in [0.4, 0.5) is 5.69 Å². The van der Waals surface area contributed by atoms with Gasteiger partial charge in [-0.1, -0.05) is 6.07 Å². The number of fused-ring (bicyclic) bond motifs is 4. The molecule has 0 bridgehead atoms. The lowest BCUT2D eigenvalue weighted by Crippen LogP contribution is -2.60. The third-order valence-electron chi connectivity index (χ3n) is 6.12. The normalized spacial score (nSPS) is 28.4. The van der Waals surface area contributed by atoms with Gasteiger partial charge in [-0.15, -0.1) is 0 Å². The van der Waals surface area contributed by atoms with E-state index in [4.69, 9.17) is 18.9 Å². The van der Waals surface area contributed by atoms with Crippen LogP contribution in [0.15, 0.2) is 30.3 Å². The Hall–Kier alpha value is -3.15. The van der Waals surface area contributed by atoms with E-state index in [0.29, 0.717) is 33.9 Å². The molecule has 10 heteroatoms. The van der Waals surface area contributed by atoms with E-state index < -0.39 is 37.3 Å². The van der Waals surface area contributed by atoms with E-state index in [1.807, 2.05) is 6.07 Å². The monoisotopic (exact) mass is 441 g/mol. The molecule has 3 aliphatic rings. The number of aliphatic hydroxyl groups is 4. The number of carbonyl (C=O) groups excluding carboxylic acids is 1. The van der Waals surface area contributed by atoms with Gasteiger partial charge in [0.2, 0.25) is 13.1 Å². The molecule has 3 heterocycles. The Morgan fingerprint density at radius 2 is 1.88 bits per heavy atom. The molecule has 0 saturated carbocycles. The van der Waals surface area contributed by atoms with Gasteiger partial charge in [-0.2, -0.15) is 0 Å². The van der Waals surface area contributed by atoms with Crippen molar-refractivity contribution in [3.05, 3.63) is 35.9 Å². The van der Waals surface area contributed by atoms with Gasteiger partial charge >= 0.3 is 0 Å². The fraction of sp³-hybridized carbons (Fsp3) is 0.318. The first-order chi connectivity index (χ1) is 15.5. The van der Waals surface area contributed by atoms with Crippen molar-refractivity contribution in [2.24, 2.45) is 0 Å². The van der Waals surface area contributed by atoms with Crippen LogP contribution in [0.25, 0.3) is 21.5 Å². The number of ether oxygens (including phenoxy) is 4. The lowest BCUT2D eigenvalue weighted by Gasteiger charge is -2.39. The minimum absolute atomic E-state index is 0.0439. The van der Waals surface area contributed by atoms with Gasteiger partial charge in [0.1, 0.15) is 30.2 Å². The Labute approximate surface area is 180 Å². The van der Waals surface area contributed by atoms with Crippen molar-refractivity contribution in [3.63, 3.8) is 0 Å². The Bertz CT molecular complexity index is 1270. The predicted molar refractivity (Wildman–Crippen MR) is 110 cm³/mol. The maximum atomic E-state index is 12.5. The summed E-state index contributed by atoms with van der Waals surface area (Å²) in [6.07, 6.45) is -6.94. The highest BCUT2D eigenvalue weighted by Gasteiger charge is 2.44. The molecule has 5 atom stereocenters. The molecule has 0 spiro atoms. The van der Waals surface area contributed by atoms with Crippen molar-refractivity contribution in [2.45, 2.75) is 30.7 Å². The number of amides is 1. The lowest BCUT2D eigenvalue weighted by molar-refractivity contribution is -0.277. The lowest BCUT2D eigenvalue weighted by atomic mass is 9.97. The van der Waals surface area contributed by atoms with E-state index in [1.165, 1.54) is 0 Å².